The van der Waals surface area contributed by atoms with Crippen molar-refractivity contribution in [3.63, 3.8) is 0 Å². The number of rotatable bonds is 11. The van der Waals surface area contributed by atoms with Gasteiger partial charge in [0, 0.05) is 30.0 Å². The molecule has 192 valence electrons. The van der Waals surface area contributed by atoms with Crippen molar-refractivity contribution in [1.82, 2.24) is 9.97 Å². The van der Waals surface area contributed by atoms with Crippen molar-refractivity contribution in [3.8, 4) is 0 Å². The van der Waals surface area contributed by atoms with Gasteiger partial charge in [0.05, 0.1) is 0 Å². The molecule has 0 unspecified atom stereocenters. The van der Waals surface area contributed by atoms with Gasteiger partial charge in [-0.15, -0.1) is 0 Å². The molecule has 1 aliphatic rings. The zero-order chi connectivity index (χ0) is 25.3. The predicted molar refractivity (Wildman–Crippen MR) is 129 cm³/mol. The predicted octanol–water partition coefficient (Wildman–Crippen LogP) is 9.06. The van der Waals surface area contributed by atoms with Gasteiger partial charge >= 0.3 is 6.18 Å². The van der Waals surface area contributed by atoms with E-state index in [1.54, 1.807) is 0 Å². The molecule has 2 aromatic rings. The Morgan fingerprint density at radius 1 is 0.829 bits per heavy atom. The van der Waals surface area contributed by atoms with Gasteiger partial charge in [-0.3, -0.25) is 0 Å². The number of aryl methyl sites for hydroxylation is 1. The van der Waals surface area contributed by atoms with Crippen LogP contribution in [0.3, 0.4) is 0 Å². The highest BCUT2D eigenvalue weighted by Gasteiger charge is 2.27. The minimum Gasteiger partial charge on any atom is -0.241 e. The maximum absolute atomic E-state index is 14.3. The summed E-state index contributed by atoms with van der Waals surface area (Å²) in [5.74, 6) is -0.947. The van der Waals surface area contributed by atoms with E-state index in [0.717, 1.165) is 49.9 Å². The minimum absolute atomic E-state index is 0.0347. The van der Waals surface area contributed by atoms with Gasteiger partial charge in [-0.1, -0.05) is 45.4 Å². The Labute approximate surface area is 205 Å². The molecule has 0 N–H and O–H groups in total. The molecule has 0 spiro atoms. The minimum atomic E-state index is -4.62. The number of unbranched alkanes of at least 4 members (excludes halogenated alkanes) is 6. The van der Waals surface area contributed by atoms with Gasteiger partial charge < -0.3 is 0 Å². The molecule has 35 heavy (non-hydrogen) atoms. The van der Waals surface area contributed by atoms with Crippen molar-refractivity contribution in [1.29, 1.82) is 0 Å². The molecular weight excluding hydrogens is 459 g/mol. The lowest BCUT2D eigenvalue weighted by Crippen LogP contribution is -2.15. The molecule has 1 saturated carbocycles. The van der Waals surface area contributed by atoms with Crippen LogP contribution in [0.25, 0.3) is 6.08 Å². The first-order valence-electron chi connectivity index (χ1n) is 12.8. The molecule has 1 heterocycles. The van der Waals surface area contributed by atoms with E-state index in [1.807, 2.05) is 12.4 Å². The summed E-state index contributed by atoms with van der Waals surface area (Å²) >= 11 is 0. The highest BCUT2D eigenvalue weighted by molar-refractivity contribution is 5.52. The summed E-state index contributed by atoms with van der Waals surface area (Å²) < 4.78 is 65.7. The maximum Gasteiger partial charge on any atom is 0.409 e. The monoisotopic (exact) mass is 494 g/mol. The highest BCUT2D eigenvalue weighted by atomic mass is 19.4. The highest BCUT2D eigenvalue weighted by Crippen LogP contribution is 2.40. The molecule has 0 atom stereocenters. The third kappa shape index (κ3) is 8.69. The molecule has 1 aromatic carbocycles. The Bertz CT molecular complexity index is 922. The molecule has 0 saturated heterocycles. The molecule has 1 aliphatic carbocycles. The van der Waals surface area contributed by atoms with Crippen LogP contribution >= 0.6 is 0 Å². The van der Waals surface area contributed by atoms with Crippen molar-refractivity contribution in [2.45, 2.75) is 102 Å². The van der Waals surface area contributed by atoms with E-state index in [4.69, 9.17) is 0 Å². The first-order chi connectivity index (χ1) is 16.8. The van der Waals surface area contributed by atoms with E-state index >= 15 is 0 Å². The van der Waals surface area contributed by atoms with Gasteiger partial charge in [0.25, 0.3) is 0 Å². The normalized spacial score (nSPS) is 18.9. The fourth-order valence-corrected chi connectivity index (χ4v) is 4.85. The van der Waals surface area contributed by atoms with Crippen LogP contribution in [0.4, 0.5) is 22.0 Å². The van der Waals surface area contributed by atoms with Crippen LogP contribution in [0, 0.1) is 11.6 Å². The smallest absolute Gasteiger partial charge is 0.241 e. The van der Waals surface area contributed by atoms with Crippen LogP contribution in [0.5, 0.6) is 0 Å². The molecule has 0 radical (unpaired) electrons. The van der Waals surface area contributed by atoms with Crippen LogP contribution in [0.1, 0.15) is 112 Å². The molecular formula is C28H35F5N2. The van der Waals surface area contributed by atoms with Gasteiger partial charge in [0.1, 0.15) is 17.5 Å². The molecule has 0 bridgehead atoms. The summed E-state index contributed by atoms with van der Waals surface area (Å²) in [4.78, 5) is 9.18. The molecule has 0 aliphatic heterocycles. The summed E-state index contributed by atoms with van der Waals surface area (Å²) in [6.45, 7) is 2.22. The van der Waals surface area contributed by atoms with E-state index in [2.05, 4.69) is 16.9 Å². The zero-order valence-electron chi connectivity index (χ0n) is 20.4. The van der Waals surface area contributed by atoms with Crippen LogP contribution in [0.2, 0.25) is 0 Å². The fourth-order valence-electron chi connectivity index (χ4n) is 4.85. The molecule has 0 amide bonds. The largest absolute Gasteiger partial charge is 0.409 e. The van der Waals surface area contributed by atoms with Crippen LogP contribution in [-0.4, -0.2) is 16.1 Å². The van der Waals surface area contributed by atoms with Gasteiger partial charge in [-0.2, -0.15) is 13.2 Å². The van der Waals surface area contributed by atoms with Crippen LogP contribution in [0.15, 0.2) is 30.6 Å². The standard InChI is InChI=1S/C28H35F5N2/c1-2-3-4-5-6-7-8-9-20-18-34-27(35-19-20)22-12-10-21(11-13-22)23-16-25(29)24(26(30)17-23)14-15-28(31,32)33/h14-19,21-22H,2-13H2,1H3. The van der Waals surface area contributed by atoms with Crippen molar-refractivity contribution in [3.05, 3.63) is 64.8 Å². The van der Waals surface area contributed by atoms with Gasteiger partial charge in [-0.05, 0) is 73.8 Å². The number of allylic oxidation sites excluding steroid dienone is 1. The molecule has 3 rings (SSSR count). The van der Waals surface area contributed by atoms with Crippen molar-refractivity contribution >= 4 is 6.08 Å². The lowest BCUT2D eigenvalue weighted by molar-refractivity contribution is -0.0790. The summed E-state index contributed by atoms with van der Waals surface area (Å²) in [5.41, 5.74) is 0.986. The Hall–Kier alpha value is -2.31. The Balaban J connectivity index is 1.48. The van der Waals surface area contributed by atoms with E-state index in [0.29, 0.717) is 11.6 Å². The second kappa shape index (κ2) is 13.1. The number of benzene rings is 1. The number of aromatic nitrogens is 2. The summed E-state index contributed by atoms with van der Waals surface area (Å²) in [5, 5.41) is 0. The number of halogens is 5. The van der Waals surface area contributed by atoms with Gasteiger partial charge in [0.2, 0.25) is 0 Å². The number of nitrogens with zero attached hydrogens (tertiary/aromatic N) is 2. The molecule has 2 nitrogen and oxygen atoms in total. The van der Waals surface area contributed by atoms with E-state index < -0.39 is 23.4 Å². The number of alkyl halides is 3. The van der Waals surface area contributed by atoms with Gasteiger partial charge in [0.15, 0.2) is 0 Å². The SMILES string of the molecule is CCCCCCCCCc1cnc(C2CCC(c3cc(F)c(C=CC(F)(F)F)c(F)c3)CC2)nc1. The van der Waals surface area contributed by atoms with Crippen LogP contribution < -0.4 is 0 Å². The Morgan fingerprint density at radius 3 is 1.94 bits per heavy atom. The van der Waals surface area contributed by atoms with E-state index in [1.165, 1.54) is 50.7 Å². The fraction of sp³-hybridized carbons (Fsp3) is 0.571. The first kappa shape index (κ1) is 27.3. The third-order valence-electron chi connectivity index (χ3n) is 6.90. The second-order valence-corrected chi connectivity index (χ2v) is 9.64. The third-order valence-corrected chi connectivity index (χ3v) is 6.90. The van der Waals surface area contributed by atoms with E-state index in [-0.39, 0.29) is 17.9 Å². The van der Waals surface area contributed by atoms with Crippen molar-refractivity contribution in [2.24, 2.45) is 0 Å². The molecule has 1 fully saturated rings. The lowest BCUT2D eigenvalue weighted by Gasteiger charge is -2.28. The van der Waals surface area contributed by atoms with E-state index in [9.17, 15) is 22.0 Å². The summed E-state index contributed by atoms with van der Waals surface area (Å²) in [6.07, 6.45) is 12.5. The average Bonchev–Trinajstić information content (AvgIpc) is 2.83. The topological polar surface area (TPSA) is 25.8 Å². The number of hydrogen-bond donors (Lipinski definition) is 0. The average molecular weight is 495 g/mol. The zero-order valence-corrected chi connectivity index (χ0v) is 20.4. The Morgan fingerprint density at radius 2 is 1.37 bits per heavy atom. The first-order valence-corrected chi connectivity index (χ1v) is 12.8. The number of hydrogen-bond acceptors (Lipinski definition) is 2. The van der Waals surface area contributed by atoms with Crippen molar-refractivity contribution < 1.29 is 22.0 Å². The Kier molecular flexibility index (Phi) is 10.2. The molecule has 7 heteroatoms. The molecule has 1 aromatic heterocycles. The van der Waals surface area contributed by atoms with Gasteiger partial charge in [-0.25, -0.2) is 18.7 Å². The summed E-state index contributed by atoms with van der Waals surface area (Å²) in [6, 6.07) is 2.33. The second-order valence-electron chi connectivity index (χ2n) is 9.64. The lowest BCUT2D eigenvalue weighted by atomic mass is 9.78. The van der Waals surface area contributed by atoms with Crippen LogP contribution in [-0.2, 0) is 6.42 Å². The maximum atomic E-state index is 14.3. The van der Waals surface area contributed by atoms with Crippen molar-refractivity contribution in [2.75, 3.05) is 0 Å². The summed E-state index contributed by atoms with van der Waals surface area (Å²) in [7, 11) is 0. The quantitative estimate of drug-likeness (QED) is 0.230.